The van der Waals surface area contributed by atoms with Gasteiger partial charge in [-0.05, 0) is 57.2 Å². The number of carbonyl (C=O) groups is 1. The van der Waals surface area contributed by atoms with Crippen LogP contribution in [0.15, 0.2) is 24.3 Å². The number of carbonyl (C=O) groups excluding carboxylic acids is 1. The van der Waals surface area contributed by atoms with Gasteiger partial charge in [0.05, 0.1) is 7.11 Å². The third kappa shape index (κ3) is 4.38. The van der Waals surface area contributed by atoms with Crippen LogP contribution in [0.25, 0.3) is 0 Å². The predicted octanol–water partition coefficient (Wildman–Crippen LogP) is 3.81. The van der Waals surface area contributed by atoms with E-state index in [4.69, 9.17) is 9.47 Å². The van der Waals surface area contributed by atoms with Crippen LogP contribution in [0, 0.1) is 0 Å². The van der Waals surface area contributed by atoms with E-state index < -0.39 is 5.60 Å². The Kier molecular flexibility index (Phi) is 4.76. The van der Waals surface area contributed by atoms with Gasteiger partial charge in [0.15, 0.2) is 0 Å². The van der Waals surface area contributed by atoms with Gasteiger partial charge in [-0.1, -0.05) is 12.1 Å². The molecular weight excluding hydrogens is 266 g/mol. The highest BCUT2D eigenvalue weighted by Crippen LogP contribution is 2.30. The molecular formula is C17H25NO3. The van der Waals surface area contributed by atoms with Crippen molar-refractivity contribution in [1.29, 1.82) is 0 Å². The summed E-state index contributed by atoms with van der Waals surface area (Å²) >= 11 is 0. The van der Waals surface area contributed by atoms with Crippen LogP contribution in [0.1, 0.15) is 45.1 Å². The normalized spacial score (nSPS) is 16.7. The van der Waals surface area contributed by atoms with E-state index in [1.54, 1.807) is 7.11 Å². The molecule has 0 bridgehead atoms. The standard InChI is InChI=1S/C17H25NO3/c1-17(2,3)21-16(19)18-10-8-13(9-11-18)14-6-5-7-15(12-14)20-4/h5-7,12-13H,8-11H2,1-4H3. The van der Waals surface area contributed by atoms with Gasteiger partial charge in [0.25, 0.3) is 0 Å². The maximum atomic E-state index is 12.0. The summed E-state index contributed by atoms with van der Waals surface area (Å²) in [6, 6.07) is 8.21. The largest absolute Gasteiger partial charge is 0.497 e. The zero-order valence-corrected chi connectivity index (χ0v) is 13.4. The molecule has 1 heterocycles. The van der Waals surface area contributed by atoms with Crippen LogP contribution < -0.4 is 4.74 Å². The van der Waals surface area contributed by atoms with Crippen LogP contribution in [0.3, 0.4) is 0 Å². The van der Waals surface area contributed by atoms with Crippen molar-refractivity contribution in [2.45, 2.75) is 45.1 Å². The Morgan fingerprint density at radius 3 is 2.48 bits per heavy atom. The average molecular weight is 291 g/mol. The number of hydrogen-bond acceptors (Lipinski definition) is 3. The van der Waals surface area contributed by atoms with Gasteiger partial charge in [-0.2, -0.15) is 0 Å². The number of ether oxygens (including phenoxy) is 2. The lowest BCUT2D eigenvalue weighted by molar-refractivity contribution is 0.0205. The van der Waals surface area contributed by atoms with Gasteiger partial charge in [-0.3, -0.25) is 0 Å². The van der Waals surface area contributed by atoms with E-state index in [1.807, 2.05) is 37.8 Å². The van der Waals surface area contributed by atoms with Gasteiger partial charge in [0.1, 0.15) is 11.4 Å². The molecule has 0 unspecified atom stereocenters. The fraction of sp³-hybridized carbons (Fsp3) is 0.588. The topological polar surface area (TPSA) is 38.8 Å². The summed E-state index contributed by atoms with van der Waals surface area (Å²) in [6.45, 7) is 7.18. The third-order valence-corrected chi connectivity index (χ3v) is 3.71. The van der Waals surface area contributed by atoms with Gasteiger partial charge in [-0.25, -0.2) is 4.79 Å². The lowest BCUT2D eigenvalue weighted by Crippen LogP contribution is -2.41. The molecule has 1 amide bonds. The van der Waals surface area contributed by atoms with Crippen molar-refractivity contribution in [3.63, 3.8) is 0 Å². The number of methoxy groups -OCH3 is 1. The van der Waals surface area contributed by atoms with Crippen LogP contribution in [-0.4, -0.2) is 36.8 Å². The van der Waals surface area contributed by atoms with Crippen LogP contribution in [0.2, 0.25) is 0 Å². The quantitative estimate of drug-likeness (QED) is 0.831. The molecule has 1 saturated heterocycles. The maximum absolute atomic E-state index is 12.0. The predicted molar refractivity (Wildman–Crippen MR) is 82.8 cm³/mol. The third-order valence-electron chi connectivity index (χ3n) is 3.71. The van der Waals surface area contributed by atoms with E-state index in [9.17, 15) is 4.79 Å². The van der Waals surface area contributed by atoms with Gasteiger partial charge >= 0.3 is 6.09 Å². The Morgan fingerprint density at radius 1 is 1.24 bits per heavy atom. The Labute approximate surface area is 127 Å². The molecule has 0 aromatic heterocycles. The molecule has 0 radical (unpaired) electrons. The van der Waals surface area contributed by atoms with Gasteiger partial charge in [0.2, 0.25) is 0 Å². The highest BCUT2D eigenvalue weighted by molar-refractivity contribution is 5.68. The van der Waals surface area contributed by atoms with E-state index >= 15 is 0 Å². The summed E-state index contributed by atoms with van der Waals surface area (Å²) in [7, 11) is 1.68. The second-order valence-electron chi connectivity index (χ2n) is 6.52. The first-order valence-electron chi connectivity index (χ1n) is 7.51. The average Bonchev–Trinajstić information content (AvgIpc) is 2.46. The molecule has 1 aromatic rings. The minimum atomic E-state index is -0.430. The van der Waals surface area contributed by atoms with E-state index in [0.717, 1.165) is 31.7 Å². The van der Waals surface area contributed by atoms with Crippen molar-refractivity contribution in [1.82, 2.24) is 4.90 Å². The van der Waals surface area contributed by atoms with Crippen molar-refractivity contribution in [2.75, 3.05) is 20.2 Å². The Morgan fingerprint density at radius 2 is 1.90 bits per heavy atom. The molecule has 1 aliphatic heterocycles. The molecule has 116 valence electrons. The molecule has 1 fully saturated rings. The zero-order chi connectivity index (χ0) is 15.5. The first-order chi connectivity index (χ1) is 9.89. The molecule has 0 saturated carbocycles. The van der Waals surface area contributed by atoms with Crippen molar-refractivity contribution in [2.24, 2.45) is 0 Å². The van der Waals surface area contributed by atoms with Gasteiger partial charge in [-0.15, -0.1) is 0 Å². The minimum absolute atomic E-state index is 0.202. The molecule has 1 aromatic carbocycles. The number of nitrogens with zero attached hydrogens (tertiary/aromatic N) is 1. The molecule has 4 heteroatoms. The highest BCUT2D eigenvalue weighted by atomic mass is 16.6. The summed E-state index contributed by atoms with van der Waals surface area (Å²) in [5, 5.41) is 0. The second kappa shape index (κ2) is 6.37. The molecule has 2 rings (SSSR count). The van der Waals surface area contributed by atoms with Gasteiger partial charge in [0, 0.05) is 13.1 Å². The first-order valence-corrected chi connectivity index (χ1v) is 7.51. The summed E-state index contributed by atoms with van der Waals surface area (Å²) in [4.78, 5) is 13.8. The summed E-state index contributed by atoms with van der Waals surface area (Å²) in [5.41, 5.74) is 0.860. The number of amides is 1. The van der Waals surface area contributed by atoms with Crippen molar-refractivity contribution >= 4 is 6.09 Å². The van der Waals surface area contributed by atoms with E-state index in [2.05, 4.69) is 12.1 Å². The fourth-order valence-electron chi connectivity index (χ4n) is 2.62. The van der Waals surface area contributed by atoms with Crippen LogP contribution in [-0.2, 0) is 4.74 Å². The molecule has 1 aliphatic rings. The van der Waals surface area contributed by atoms with Gasteiger partial charge < -0.3 is 14.4 Å². The molecule has 4 nitrogen and oxygen atoms in total. The monoisotopic (exact) mass is 291 g/mol. The number of likely N-dealkylation sites (tertiary alicyclic amines) is 1. The molecule has 0 spiro atoms. The number of rotatable bonds is 2. The number of benzene rings is 1. The minimum Gasteiger partial charge on any atom is -0.497 e. The fourth-order valence-corrected chi connectivity index (χ4v) is 2.62. The number of hydrogen-bond donors (Lipinski definition) is 0. The Hall–Kier alpha value is -1.71. The SMILES string of the molecule is COc1cccc(C2CCN(C(=O)OC(C)(C)C)CC2)c1. The first kappa shape index (κ1) is 15.7. The maximum Gasteiger partial charge on any atom is 0.410 e. The highest BCUT2D eigenvalue weighted by Gasteiger charge is 2.27. The van der Waals surface area contributed by atoms with Crippen LogP contribution in [0.4, 0.5) is 4.79 Å². The van der Waals surface area contributed by atoms with E-state index in [-0.39, 0.29) is 6.09 Å². The molecule has 21 heavy (non-hydrogen) atoms. The smallest absolute Gasteiger partial charge is 0.410 e. The number of piperidine rings is 1. The lowest BCUT2D eigenvalue weighted by atomic mass is 9.89. The lowest BCUT2D eigenvalue weighted by Gasteiger charge is -2.33. The van der Waals surface area contributed by atoms with Crippen LogP contribution >= 0.6 is 0 Å². The summed E-state index contributed by atoms with van der Waals surface area (Å²) in [6.07, 6.45) is 1.73. The Bertz CT molecular complexity index is 485. The zero-order valence-electron chi connectivity index (χ0n) is 13.4. The van der Waals surface area contributed by atoms with Crippen molar-refractivity contribution in [3.05, 3.63) is 29.8 Å². The second-order valence-corrected chi connectivity index (χ2v) is 6.52. The van der Waals surface area contributed by atoms with Crippen molar-refractivity contribution in [3.8, 4) is 5.75 Å². The van der Waals surface area contributed by atoms with E-state index in [0.29, 0.717) is 5.92 Å². The molecule has 0 aliphatic carbocycles. The molecule has 0 atom stereocenters. The Balaban J connectivity index is 1.92. The van der Waals surface area contributed by atoms with Crippen molar-refractivity contribution < 1.29 is 14.3 Å². The summed E-state index contributed by atoms with van der Waals surface area (Å²) in [5.74, 6) is 1.38. The summed E-state index contributed by atoms with van der Waals surface area (Å²) < 4.78 is 10.7. The van der Waals surface area contributed by atoms with E-state index in [1.165, 1.54) is 5.56 Å². The van der Waals surface area contributed by atoms with Crippen LogP contribution in [0.5, 0.6) is 5.75 Å². The molecule has 0 N–H and O–H groups in total.